The predicted octanol–water partition coefficient (Wildman–Crippen LogP) is 5.76. The van der Waals surface area contributed by atoms with Gasteiger partial charge in [0.2, 0.25) is 5.91 Å². The van der Waals surface area contributed by atoms with E-state index in [1.54, 1.807) is 36.7 Å². The van der Waals surface area contributed by atoms with Gasteiger partial charge in [-0.05, 0) is 72.1 Å². The first-order chi connectivity index (χ1) is 20.8. The standard InChI is InChI=1S/C33H25FN6O3/c1-18-23(3-2-4-27(18)40-33(43)19-5-7-20(34)8-6-19)24-11-12-26(32(35)42)31-30(24)25-10-9-21(15-28(25)39-31)38-29(41)16-22-17-36-13-14-37-22/h2-15,17,39H,16H2,1H3,(H2,35,42)(H,38,41)(H,40,43). The summed E-state index contributed by atoms with van der Waals surface area (Å²) in [5.74, 6) is -1.62. The van der Waals surface area contributed by atoms with Gasteiger partial charge in [-0.25, -0.2) is 4.39 Å². The zero-order chi connectivity index (χ0) is 30.1. The molecule has 2 aromatic heterocycles. The first-order valence-corrected chi connectivity index (χ1v) is 13.4. The Morgan fingerprint density at radius 1 is 0.930 bits per heavy atom. The fourth-order valence-electron chi connectivity index (χ4n) is 5.17. The lowest BCUT2D eigenvalue weighted by molar-refractivity contribution is -0.115. The summed E-state index contributed by atoms with van der Waals surface area (Å²) in [6.07, 6.45) is 4.69. The predicted molar refractivity (Wildman–Crippen MR) is 163 cm³/mol. The second-order valence-electron chi connectivity index (χ2n) is 10.0. The van der Waals surface area contributed by atoms with E-state index in [-0.39, 0.29) is 18.2 Å². The van der Waals surface area contributed by atoms with Gasteiger partial charge in [-0.15, -0.1) is 0 Å². The summed E-state index contributed by atoms with van der Waals surface area (Å²) in [5, 5.41) is 7.39. The van der Waals surface area contributed by atoms with Gasteiger partial charge in [0.1, 0.15) is 5.82 Å². The van der Waals surface area contributed by atoms with Crippen LogP contribution >= 0.6 is 0 Å². The van der Waals surface area contributed by atoms with Crippen LogP contribution in [-0.4, -0.2) is 32.7 Å². The average Bonchev–Trinajstić information content (AvgIpc) is 3.37. The minimum atomic E-state index is -0.586. The number of nitrogens with zero attached hydrogens (tertiary/aromatic N) is 2. The van der Waals surface area contributed by atoms with Crippen LogP contribution in [0.4, 0.5) is 15.8 Å². The third-order valence-corrected chi connectivity index (χ3v) is 7.24. The van der Waals surface area contributed by atoms with Crippen molar-refractivity contribution < 1.29 is 18.8 Å². The van der Waals surface area contributed by atoms with Gasteiger partial charge in [0.05, 0.1) is 23.2 Å². The average molecular weight is 573 g/mol. The van der Waals surface area contributed by atoms with Crippen molar-refractivity contribution in [1.82, 2.24) is 15.0 Å². The van der Waals surface area contributed by atoms with Crippen LogP contribution in [-0.2, 0) is 11.2 Å². The van der Waals surface area contributed by atoms with Gasteiger partial charge in [0, 0.05) is 51.8 Å². The number of rotatable bonds is 7. The molecule has 0 aliphatic heterocycles. The normalized spacial score (nSPS) is 11.0. The first kappa shape index (κ1) is 27.3. The van der Waals surface area contributed by atoms with Crippen LogP contribution < -0.4 is 16.4 Å². The van der Waals surface area contributed by atoms with Crippen LogP contribution in [0.5, 0.6) is 0 Å². The molecule has 0 bridgehead atoms. The van der Waals surface area contributed by atoms with Crippen molar-refractivity contribution in [1.29, 1.82) is 0 Å². The van der Waals surface area contributed by atoms with Crippen molar-refractivity contribution in [2.75, 3.05) is 10.6 Å². The zero-order valence-electron chi connectivity index (χ0n) is 22.9. The molecule has 43 heavy (non-hydrogen) atoms. The number of primary amides is 1. The van der Waals surface area contributed by atoms with Crippen molar-refractivity contribution >= 4 is 50.9 Å². The second-order valence-corrected chi connectivity index (χ2v) is 10.0. The fraction of sp³-hybridized carbons (Fsp3) is 0.0606. The molecule has 0 unspecified atom stereocenters. The quantitative estimate of drug-likeness (QED) is 0.192. The van der Waals surface area contributed by atoms with Crippen LogP contribution in [0.15, 0.2) is 91.4 Å². The number of aromatic amines is 1. The van der Waals surface area contributed by atoms with E-state index in [0.29, 0.717) is 39.2 Å². The number of nitrogens with two attached hydrogens (primary N) is 1. The molecular weight excluding hydrogens is 547 g/mol. The van der Waals surface area contributed by atoms with Crippen LogP contribution in [0.25, 0.3) is 32.9 Å². The van der Waals surface area contributed by atoms with Crippen molar-refractivity contribution in [3.8, 4) is 11.1 Å². The van der Waals surface area contributed by atoms with E-state index in [2.05, 4.69) is 25.6 Å². The number of aromatic nitrogens is 3. The second kappa shape index (κ2) is 11.2. The maximum Gasteiger partial charge on any atom is 0.255 e. The van der Waals surface area contributed by atoms with E-state index in [9.17, 15) is 18.8 Å². The molecule has 0 atom stereocenters. The number of hydrogen-bond acceptors (Lipinski definition) is 5. The highest BCUT2D eigenvalue weighted by molar-refractivity contribution is 6.20. The SMILES string of the molecule is Cc1c(NC(=O)c2ccc(F)cc2)cccc1-c1ccc(C(N)=O)c2[nH]c3cc(NC(=O)Cc4cnccn4)ccc3c12. The Hall–Kier alpha value is -5.90. The summed E-state index contributed by atoms with van der Waals surface area (Å²) in [7, 11) is 0. The Bertz CT molecular complexity index is 2040. The van der Waals surface area contributed by atoms with Crippen molar-refractivity contribution in [3.05, 3.63) is 120 Å². The highest BCUT2D eigenvalue weighted by Crippen LogP contribution is 2.39. The summed E-state index contributed by atoms with van der Waals surface area (Å²) < 4.78 is 13.3. The van der Waals surface area contributed by atoms with Gasteiger partial charge in [-0.1, -0.05) is 24.3 Å². The molecule has 0 aliphatic carbocycles. The molecule has 0 saturated heterocycles. The Morgan fingerprint density at radius 2 is 1.74 bits per heavy atom. The number of halogens is 1. The molecule has 3 amide bonds. The lowest BCUT2D eigenvalue weighted by Crippen LogP contribution is -2.15. The van der Waals surface area contributed by atoms with Gasteiger partial charge in [-0.3, -0.25) is 24.4 Å². The molecule has 9 nitrogen and oxygen atoms in total. The molecule has 6 rings (SSSR count). The maximum atomic E-state index is 13.3. The van der Waals surface area contributed by atoms with Gasteiger partial charge < -0.3 is 21.4 Å². The Balaban J connectivity index is 1.39. The number of amides is 3. The van der Waals surface area contributed by atoms with Crippen LogP contribution in [0.1, 0.15) is 32.0 Å². The summed E-state index contributed by atoms with van der Waals surface area (Å²) in [4.78, 5) is 49.3. The summed E-state index contributed by atoms with van der Waals surface area (Å²) in [5.41, 5.74) is 11.8. The molecule has 0 aliphatic rings. The molecule has 5 N–H and O–H groups in total. The largest absolute Gasteiger partial charge is 0.366 e. The Kier molecular flexibility index (Phi) is 7.09. The first-order valence-electron chi connectivity index (χ1n) is 13.4. The number of anilines is 2. The minimum Gasteiger partial charge on any atom is -0.366 e. The van der Waals surface area contributed by atoms with E-state index in [1.807, 2.05) is 31.2 Å². The molecule has 4 aromatic carbocycles. The topological polar surface area (TPSA) is 143 Å². The number of nitrogens with one attached hydrogen (secondary N) is 3. The molecular formula is C33H25FN6O3. The Morgan fingerprint density at radius 3 is 2.49 bits per heavy atom. The van der Waals surface area contributed by atoms with Gasteiger partial charge in [0.15, 0.2) is 0 Å². The lowest BCUT2D eigenvalue weighted by atomic mass is 9.93. The number of hydrogen-bond donors (Lipinski definition) is 4. The number of H-pyrrole nitrogens is 1. The monoisotopic (exact) mass is 572 g/mol. The molecule has 0 radical (unpaired) electrons. The molecule has 0 saturated carbocycles. The summed E-state index contributed by atoms with van der Waals surface area (Å²) in [6, 6.07) is 19.8. The number of carbonyl (C=O) groups is 3. The minimum absolute atomic E-state index is 0.0713. The highest BCUT2D eigenvalue weighted by atomic mass is 19.1. The zero-order valence-corrected chi connectivity index (χ0v) is 22.9. The molecule has 2 heterocycles. The van der Waals surface area contributed by atoms with Crippen LogP contribution in [0, 0.1) is 12.7 Å². The fourth-order valence-corrected chi connectivity index (χ4v) is 5.17. The lowest BCUT2D eigenvalue weighted by Gasteiger charge is -2.15. The molecule has 0 spiro atoms. The van der Waals surface area contributed by atoms with Crippen molar-refractivity contribution in [3.63, 3.8) is 0 Å². The third kappa shape index (κ3) is 5.41. The van der Waals surface area contributed by atoms with E-state index < -0.39 is 11.7 Å². The maximum absolute atomic E-state index is 13.3. The van der Waals surface area contributed by atoms with Gasteiger partial charge in [0.25, 0.3) is 11.8 Å². The molecule has 0 fully saturated rings. The smallest absolute Gasteiger partial charge is 0.255 e. The highest BCUT2D eigenvalue weighted by Gasteiger charge is 2.19. The van der Waals surface area contributed by atoms with Crippen LogP contribution in [0.3, 0.4) is 0 Å². The van der Waals surface area contributed by atoms with Gasteiger partial charge >= 0.3 is 0 Å². The van der Waals surface area contributed by atoms with Crippen LogP contribution in [0.2, 0.25) is 0 Å². The number of fused-ring (bicyclic) bond motifs is 3. The van der Waals surface area contributed by atoms with E-state index in [0.717, 1.165) is 27.5 Å². The molecule has 6 aromatic rings. The number of carbonyl (C=O) groups excluding carboxylic acids is 3. The third-order valence-electron chi connectivity index (χ3n) is 7.24. The van der Waals surface area contributed by atoms with E-state index in [4.69, 9.17) is 5.73 Å². The number of benzene rings is 4. The van der Waals surface area contributed by atoms with Crippen molar-refractivity contribution in [2.45, 2.75) is 13.3 Å². The summed E-state index contributed by atoms with van der Waals surface area (Å²) >= 11 is 0. The Labute approximate surface area is 245 Å². The molecule has 212 valence electrons. The molecule has 10 heteroatoms. The summed E-state index contributed by atoms with van der Waals surface area (Å²) in [6.45, 7) is 1.89. The van der Waals surface area contributed by atoms with Crippen molar-refractivity contribution in [2.24, 2.45) is 5.73 Å². The van der Waals surface area contributed by atoms with Gasteiger partial charge in [-0.2, -0.15) is 0 Å². The van der Waals surface area contributed by atoms with E-state index >= 15 is 0 Å². The van der Waals surface area contributed by atoms with E-state index in [1.165, 1.54) is 30.5 Å².